The molecule has 1 aliphatic carbocycles. The van der Waals surface area contributed by atoms with Crippen molar-refractivity contribution >= 4 is 23.2 Å². The molecule has 0 bridgehead atoms. The average Bonchev–Trinajstić information content (AvgIpc) is 2.75. The number of nitrogens with one attached hydrogen (secondary N) is 1. The van der Waals surface area contributed by atoms with Gasteiger partial charge in [0.15, 0.2) is 0 Å². The van der Waals surface area contributed by atoms with Gasteiger partial charge in [0.05, 0.1) is 12.3 Å². The lowest BCUT2D eigenvalue weighted by Crippen LogP contribution is -2.36. The molecule has 0 spiro atoms. The third kappa shape index (κ3) is 4.71. The lowest BCUT2D eigenvalue weighted by Gasteiger charge is -2.30. The first kappa shape index (κ1) is 19.9. The molecule has 1 N–H and O–H groups in total. The molecule has 5 nitrogen and oxygen atoms in total. The van der Waals surface area contributed by atoms with Gasteiger partial charge >= 0.3 is 0 Å². The number of carbonyl (C=O) groups excluding carboxylic acids is 2. The Morgan fingerprint density at radius 1 is 0.964 bits per heavy atom. The summed E-state index contributed by atoms with van der Waals surface area (Å²) in [4.78, 5) is 27.2. The number of benzene rings is 2. The first-order chi connectivity index (χ1) is 13.6. The van der Waals surface area contributed by atoms with Crippen LogP contribution >= 0.6 is 0 Å². The SMILES string of the molecule is CCOc1ccccc1NC(=O)C1CCC(C(=O)N(C)c2ccccc2)CC1. The summed E-state index contributed by atoms with van der Waals surface area (Å²) in [5.41, 5.74) is 1.61. The van der Waals surface area contributed by atoms with Gasteiger partial charge in [0.1, 0.15) is 5.75 Å². The van der Waals surface area contributed by atoms with Crippen LogP contribution in [-0.4, -0.2) is 25.5 Å². The molecular weight excluding hydrogens is 352 g/mol. The molecule has 2 aromatic carbocycles. The maximum absolute atomic E-state index is 12.8. The van der Waals surface area contributed by atoms with Crippen LogP contribution in [0.3, 0.4) is 0 Å². The van der Waals surface area contributed by atoms with Gasteiger partial charge in [-0.15, -0.1) is 0 Å². The van der Waals surface area contributed by atoms with E-state index in [4.69, 9.17) is 4.74 Å². The number of nitrogens with zero attached hydrogens (tertiary/aromatic N) is 1. The molecule has 0 radical (unpaired) electrons. The van der Waals surface area contributed by atoms with Gasteiger partial charge in [-0.3, -0.25) is 9.59 Å². The molecule has 3 rings (SSSR count). The number of amides is 2. The number of para-hydroxylation sites is 3. The first-order valence-corrected chi connectivity index (χ1v) is 9.95. The Kier molecular flexibility index (Phi) is 6.69. The van der Waals surface area contributed by atoms with Crippen molar-refractivity contribution in [3.63, 3.8) is 0 Å². The summed E-state index contributed by atoms with van der Waals surface area (Å²) in [5, 5.41) is 3.00. The van der Waals surface area contributed by atoms with Crippen LogP contribution in [0.2, 0.25) is 0 Å². The van der Waals surface area contributed by atoms with E-state index in [1.807, 2.05) is 68.6 Å². The largest absolute Gasteiger partial charge is 0.492 e. The Morgan fingerprint density at radius 3 is 2.25 bits per heavy atom. The zero-order valence-electron chi connectivity index (χ0n) is 16.6. The van der Waals surface area contributed by atoms with Crippen molar-refractivity contribution in [3.05, 3.63) is 54.6 Å². The quantitative estimate of drug-likeness (QED) is 0.803. The Balaban J connectivity index is 1.55. The first-order valence-electron chi connectivity index (χ1n) is 9.95. The molecular formula is C23H28N2O3. The van der Waals surface area contributed by atoms with Crippen LogP contribution in [-0.2, 0) is 9.59 Å². The van der Waals surface area contributed by atoms with Crippen molar-refractivity contribution in [2.75, 3.05) is 23.9 Å². The van der Waals surface area contributed by atoms with E-state index >= 15 is 0 Å². The lowest BCUT2D eigenvalue weighted by atomic mass is 9.81. The molecule has 0 saturated heterocycles. The Bertz CT molecular complexity index is 799. The summed E-state index contributed by atoms with van der Waals surface area (Å²) in [7, 11) is 1.82. The van der Waals surface area contributed by atoms with Gasteiger partial charge in [-0.25, -0.2) is 0 Å². The monoisotopic (exact) mass is 380 g/mol. The van der Waals surface area contributed by atoms with Gasteiger partial charge < -0.3 is 15.0 Å². The smallest absolute Gasteiger partial charge is 0.229 e. The molecule has 0 aliphatic heterocycles. The minimum atomic E-state index is -0.0687. The number of hydrogen-bond donors (Lipinski definition) is 1. The van der Waals surface area contributed by atoms with E-state index in [-0.39, 0.29) is 23.7 Å². The molecule has 0 unspecified atom stereocenters. The van der Waals surface area contributed by atoms with Crippen molar-refractivity contribution in [3.8, 4) is 5.75 Å². The molecule has 0 atom stereocenters. The normalized spacial score (nSPS) is 18.9. The molecule has 2 amide bonds. The van der Waals surface area contributed by atoms with Crippen LogP contribution < -0.4 is 15.0 Å². The Labute approximate surface area is 166 Å². The van der Waals surface area contributed by atoms with Crippen molar-refractivity contribution in [1.29, 1.82) is 0 Å². The molecule has 5 heteroatoms. The molecule has 2 aromatic rings. The zero-order valence-corrected chi connectivity index (χ0v) is 16.6. The predicted molar refractivity (Wildman–Crippen MR) is 112 cm³/mol. The minimum absolute atomic E-state index is 0.00876. The fourth-order valence-corrected chi connectivity index (χ4v) is 3.74. The second-order valence-corrected chi connectivity index (χ2v) is 7.20. The van der Waals surface area contributed by atoms with Crippen LogP contribution in [0.25, 0.3) is 0 Å². The summed E-state index contributed by atoms with van der Waals surface area (Å²) in [5.74, 6) is 0.735. The van der Waals surface area contributed by atoms with Crippen LogP contribution in [0.4, 0.5) is 11.4 Å². The number of anilines is 2. The lowest BCUT2D eigenvalue weighted by molar-refractivity contribution is -0.126. The fraction of sp³-hybridized carbons (Fsp3) is 0.391. The van der Waals surface area contributed by atoms with Crippen LogP contribution in [0, 0.1) is 11.8 Å². The van der Waals surface area contributed by atoms with Crippen LogP contribution in [0.5, 0.6) is 5.75 Å². The highest BCUT2D eigenvalue weighted by atomic mass is 16.5. The van der Waals surface area contributed by atoms with Gasteiger partial charge in [0, 0.05) is 24.6 Å². The third-order valence-corrected chi connectivity index (χ3v) is 5.37. The van der Waals surface area contributed by atoms with Crippen LogP contribution in [0.1, 0.15) is 32.6 Å². The molecule has 148 valence electrons. The molecule has 1 saturated carbocycles. The van der Waals surface area contributed by atoms with Gasteiger partial charge in [-0.05, 0) is 56.9 Å². The standard InChI is InChI=1S/C23H28N2O3/c1-3-28-21-12-8-7-11-20(21)24-22(26)17-13-15-18(16-14-17)23(27)25(2)19-9-5-4-6-10-19/h4-12,17-18H,3,13-16H2,1-2H3,(H,24,26). The van der Waals surface area contributed by atoms with E-state index in [2.05, 4.69) is 5.32 Å². The summed E-state index contributed by atoms with van der Waals surface area (Å²) in [6.45, 7) is 2.47. The van der Waals surface area contributed by atoms with Crippen molar-refractivity contribution in [2.45, 2.75) is 32.6 Å². The predicted octanol–water partition coefficient (Wildman–Crippen LogP) is 4.49. The number of rotatable bonds is 6. The molecule has 1 aliphatic rings. The summed E-state index contributed by atoms with van der Waals surface area (Å²) in [6.07, 6.45) is 2.92. The van der Waals surface area contributed by atoms with Gasteiger partial charge in [-0.1, -0.05) is 30.3 Å². The van der Waals surface area contributed by atoms with Crippen molar-refractivity contribution in [2.24, 2.45) is 11.8 Å². The van der Waals surface area contributed by atoms with Gasteiger partial charge in [-0.2, -0.15) is 0 Å². The maximum Gasteiger partial charge on any atom is 0.229 e. The fourth-order valence-electron chi connectivity index (χ4n) is 3.74. The highest BCUT2D eigenvalue weighted by Gasteiger charge is 2.31. The van der Waals surface area contributed by atoms with Crippen molar-refractivity contribution < 1.29 is 14.3 Å². The van der Waals surface area contributed by atoms with E-state index in [0.29, 0.717) is 18.0 Å². The number of hydrogen-bond acceptors (Lipinski definition) is 3. The maximum atomic E-state index is 12.8. The highest BCUT2D eigenvalue weighted by Crippen LogP contribution is 2.32. The third-order valence-electron chi connectivity index (χ3n) is 5.37. The van der Waals surface area contributed by atoms with E-state index in [1.54, 1.807) is 4.90 Å². The van der Waals surface area contributed by atoms with E-state index in [9.17, 15) is 9.59 Å². The molecule has 0 heterocycles. The average molecular weight is 380 g/mol. The van der Waals surface area contributed by atoms with Gasteiger partial charge in [0.2, 0.25) is 11.8 Å². The molecule has 1 fully saturated rings. The summed E-state index contributed by atoms with van der Waals surface area (Å²) >= 11 is 0. The van der Waals surface area contributed by atoms with Crippen LogP contribution in [0.15, 0.2) is 54.6 Å². The second kappa shape index (κ2) is 9.40. The number of carbonyl (C=O) groups is 2. The highest BCUT2D eigenvalue weighted by molar-refractivity contribution is 5.96. The molecule has 28 heavy (non-hydrogen) atoms. The van der Waals surface area contributed by atoms with Gasteiger partial charge in [0.25, 0.3) is 0 Å². The minimum Gasteiger partial charge on any atom is -0.492 e. The Hall–Kier alpha value is -2.82. The summed E-state index contributed by atoms with van der Waals surface area (Å²) < 4.78 is 5.58. The summed E-state index contributed by atoms with van der Waals surface area (Å²) in [6, 6.07) is 17.2. The number of ether oxygens (including phenoxy) is 1. The van der Waals surface area contributed by atoms with E-state index in [0.717, 1.165) is 31.4 Å². The van der Waals surface area contributed by atoms with E-state index in [1.165, 1.54) is 0 Å². The van der Waals surface area contributed by atoms with E-state index < -0.39 is 0 Å². The second-order valence-electron chi connectivity index (χ2n) is 7.20. The van der Waals surface area contributed by atoms with Crippen molar-refractivity contribution in [1.82, 2.24) is 0 Å². The molecule has 0 aromatic heterocycles. The zero-order chi connectivity index (χ0) is 19.9. The topological polar surface area (TPSA) is 58.6 Å². The Morgan fingerprint density at radius 2 is 1.57 bits per heavy atom.